The predicted molar refractivity (Wildman–Crippen MR) is 141 cm³/mol. The number of dihydropyridines is 1. The molecule has 1 saturated heterocycles. The highest BCUT2D eigenvalue weighted by Gasteiger charge is 2.39. The Morgan fingerprint density at radius 1 is 1.18 bits per heavy atom. The average molecular weight is 545 g/mol. The molecular weight excluding hydrogens is 508 g/mol. The van der Waals surface area contributed by atoms with Crippen LogP contribution in [0.4, 0.5) is 5.69 Å². The first-order valence-electron chi connectivity index (χ1n) is 12.8. The normalized spacial score (nSPS) is 18.9. The lowest BCUT2D eigenvalue weighted by molar-refractivity contribution is -0.384. The Bertz CT molecular complexity index is 1170. The van der Waals surface area contributed by atoms with Gasteiger partial charge in [-0.25, -0.2) is 9.59 Å². The van der Waals surface area contributed by atoms with Crippen molar-refractivity contribution in [3.8, 4) is 0 Å². The highest BCUT2D eigenvalue weighted by Crippen LogP contribution is 2.39. The van der Waals surface area contributed by atoms with E-state index in [1.54, 1.807) is 33.8 Å². The van der Waals surface area contributed by atoms with E-state index >= 15 is 0 Å². The number of allylic oxidation sites excluding steroid dienone is 2. The molecule has 0 bridgehead atoms. The van der Waals surface area contributed by atoms with Crippen LogP contribution in [0.25, 0.3) is 0 Å². The van der Waals surface area contributed by atoms with Crippen molar-refractivity contribution < 1.29 is 33.5 Å². The standard InChI is InChI=1S/C27H36N4O8/c1-16(2)24(27(34)39-14-11-30-9-12-38-13-10-30)29-25(32)21-17(3)28-18(4)22(26(33)37-5)23(21)19-7-6-8-20(15-19)31(35)36/h6-8,15-16,23-24,28H,9-14H2,1-5H3,(H,29,32)/t23?,24-/m0/s1. The molecule has 2 aliphatic rings. The molecule has 1 fully saturated rings. The van der Waals surface area contributed by atoms with E-state index in [1.807, 2.05) is 0 Å². The Kier molecular flexibility index (Phi) is 10.2. The van der Waals surface area contributed by atoms with E-state index in [1.165, 1.54) is 25.3 Å². The molecule has 0 aromatic heterocycles. The van der Waals surface area contributed by atoms with Crippen LogP contribution in [0.1, 0.15) is 39.2 Å². The van der Waals surface area contributed by atoms with Crippen LogP contribution in [0.2, 0.25) is 0 Å². The molecule has 12 heteroatoms. The lowest BCUT2D eigenvalue weighted by Gasteiger charge is -2.32. The number of non-ortho nitro benzene ring substituents is 1. The summed E-state index contributed by atoms with van der Waals surface area (Å²) in [5.41, 5.74) is 1.36. The van der Waals surface area contributed by atoms with Gasteiger partial charge in [0.25, 0.3) is 11.6 Å². The zero-order valence-corrected chi connectivity index (χ0v) is 22.9. The quantitative estimate of drug-likeness (QED) is 0.254. The highest BCUT2D eigenvalue weighted by atomic mass is 16.6. The number of nitro groups is 1. The molecule has 0 aliphatic carbocycles. The minimum Gasteiger partial charge on any atom is -0.466 e. The number of rotatable bonds is 10. The fourth-order valence-electron chi connectivity index (χ4n) is 4.73. The lowest BCUT2D eigenvalue weighted by atomic mass is 9.79. The maximum absolute atomic E-state index is 13.8. The van der Waals surface area contributed by atoms with E-state index in [0.717, 1.165) is 13.1 Å². The van der Waals surface area contributed by atoms with Crippen molar-refractivity contribution in [2.24, 2.45) is 5.92 Å². The maximum atomic E-state index is 13.8. The third-order valence-corrected chi connectivity index (χ3v) is 6.79. The molecule has 0 spiro atoms. The fraction of sp³-hybridized carbons (Fsp3) is 0.519. The van der Waals surface area contributed by atoms with Crippen LogP contribution >= 0.6 is 0 Å². The number of nitro benzene ring substituents is 1. The lowest BCUT2D eigenvalue weighted by Crippen LogP contribution is -2.48. The molecule has 3 rings (SSSR count). The third-order valence-electron chi connectivity index (χ3n) is 6.79. The first-order valence-corrected chi connectivity index (χ1v) is 12.8. The second-order valence-corrected chi connectivity index (χ2v) is 9.80. The van der Waals surface area contributed by atoms with Gasteiger partial charge < -0.3 is 24.8 Å². The SMILES string of the molecule is COC(=O)C1=C(C)NC(C)=C(C(=O)N[C@H](C(=O)OCCN2CCOCC2)C(C)C)C1c1cccc([N+](=O)[O-])c1. The summed E-state index contributed by atoms with van der Waals surface area (Å²) in [5, 5.41) is 17.3. The number of morpholine rings is 1. The number of benzene rings is 1. The van der Waals surface area contributed by atoms with Crippen molar-refractivity contribution in [3.63, 3.8) is 0 Å². The van der Waals surface area contributed by atoms with Gasteiger partial charge in [-0.3, -0.25) is 19.8 Å². The van der Waals surface area contributed by atoms with Crippen molar-refractivity contribution in [1.29, 1.82) is 0 Å². The van der Waals surface area contributed by atoms with Crippen molar-refractivity contribution >= 4 is 23.5 Å². The van der Waals surface area contributed by atoms with Crippen molar-refractivity contribution in [2.75, 3.05) is 46.6 Å². The van der Waals surface area contributed by atoms with Gasteiger partial charge >= 0.3 is 11.9 Å². The van der Waals surface area contributed by atoms with Crippen LogP contribution in [-0.2, 0) is 28.6 Å². The van der Waals surface area contributed by atoms with Gasteiger partial charge in [-0.15, -0.1) is 0 Å². The molecule has 39 heavy (non-hydrogen) atoms. The zero-order valence-electron chi connectivity index (χ0n) is 22.9. The summed E-state index contributed by atoms with van der Waals surface area (Å²) in [4.78, 5) is 52.7. The number of hydrogen-bond donors (Lipinski definition) is 2. The molecule has 212 valence electrons. The van der Waals surface area contributed by atoms with Crippen LogP contribution < -0.4 is 10.6 Å². The Morgan fingerprint density at radius 2 is 1.85 bits per heavy atom. The number of methoxy groups -OCH3 is 1. The van der Waals surface area contributed by atoms with E-state index in [9.17, 15) is 24.5 Å². The summed E-state index contributed by atoms with van der Waals surface area (Å²) < 4.78 is 15.8. The predicted octanol–water partition coefficient (Wildman–Crippen LogP) is 2.02. The maximum Gasteiger partial charge on any atom is 0.336 e. The van der Waals surface area contributed by atoms with Crippen molar-refractivity contribution in [3.05, 3.63) is 62.5 Å². The summed E-state index contributed by atoms with van der Waals surface area (Å²) >= 11 is 0. The molecule has 2 N–H and O–H groups in total. The highest BCUT2D eigenvalue weighted by molar-refractivity contribution is 6.03. The number of ether oxygens (including phenoxy) is 3. The van der Waals surface area contributed by atoms with Gasteiger partial charge in [-0.2, -0.15) is 0 Å². The molecule has 0 saturated carbocycles. The largest absolute Gasteiger partial charge is 0.466 e. The topological polar surface area (TPSA) is 149 Å². The molecule has 1 aromatic rings. The molecule has 1 unspecified atom stereocenters. The van der Waals surface area contributed by atoms with Gasteiger partial charge in [0, 0.05) is 48.7 Å². The number of carbonyl (C=O) groups excluding carboxylic acids is 3. The zero-order chi connectivity index (χ0) is 28.7. The minimum absolute atomic E-state index is 0.142. The van der Waals surface area contributed by atoms with Gasteiger partial charge in [0.2, 0.25) is 0 Å². The van der Waals surface area contributed by atoms with Gasteiger partial charge in [-0.1, -0.05) is 26.0 Å². The second kappa shape index (κ2) is 13.3. The van der Waals surface area contributed by atoms with E-state index in [4.69, 9.17) is 14.2 Å². The van der Waals surface area contributed by atoms with E-state index in [0.29, 0.717) is 36.7 Å². The van der Waals surface area contributed by atoms with Crippen LogP contribution in [0, 0.1) is 16.0 Å². The number of nitrogens with one attached hydrogen (secondary N) is 2. The van der Waals surface area contributed by atoms with Crippen LogP contribution in [0.5, 0.6) is 0 Å². The molecule has 2 heterocycles. The summed E-state index contributed by atoms with van der Waals surface area (Å²) in [6.45, 7) is 10.4. The Hall–Kier alpha value is -3.77. The number of amides is 1. The van der Waals surface area contributed by atoms with Gasteiger partial charge in [-0.05, 0) is 25.3 Å². The Morgan fingerprint density at radius 3 is 2.46 bits per heavy atom. The van der Waals surface area contributed by atoms with Crippen molar-refractivity contribution in [2.45, 2.75) is 39.7 Å². The number of hydrogen-bond acceptors (Lipinski definition) is 10. The summed E-state index contributed by atoms with van der Waals surface area (Å²) in [7, 11) is 1.22. The van der Waals surface area contributed by atoms with Gasteiger partial charge in [0.15, 0.2) is 0 Å². The van der Waals surface area contributed by atoms with Crippen molar-refractivity contribution in [1.82, 2.24) is 15.5 Å². The fourth-order valence-corrected chi connectivity index (χ4v) is 4.73. The number of nitrogens with zero attached hydrogens (tertiary/aromatic N) is 2. The molecule has 1 amide bonds. The van der Waals surface area contributed by atoms with E-state index < -0.39 is 34.7 Å². The summed E-state index contributed by atoms with van der Waals surface area (Å²) in [6, 6.07) is 4.80. The Labute approximate surface area is 227 Å². The molecule has 2 aliphatic heterocycles. The minimum atomic E-state index is -0.969. The monoisotopic (exact) mass is 544 g/mol. The first kappa shape index (κ1) is 29.8. The summed E-state index contributed by atoms with van der Waals surface area (Å²) in [6.07, 6.45) is 0. The van der Waals surface area contributed by atoms with E-state index in [-0.39, 0.29) is 29.4 Å². The number of esters is 2. The Balaban J connectivity index is 1.88. The van der Waals surface area contributed by atoms with Crippen LogP contribution in [-0.4, -0.2) is 80.3 Å². The van der Waals surface area contributed by atoms with Crippen LogP contribution in [0.3, 0.4) is 0 Å². The van der Waals surface area contributed by atoms with Crippen LogP contribution in [0.15, 0.2) is 46.8 Å². The third kappa shape index (κ3) is 7.21. The van der Waals surface area contributed by atoms with E-state index in [2.05, 4.69) is 15.5 Å². The molecule has 0 radical (unpaired) electrons. The molecule has 2 atom stereocenters. The second-order valence-electron chi connectivity index (χ2n) is 9.80. The smallest absolute Gasteiger partial charge is 0.336 e. The van der Waals surface area contributed by atoms with Gasteiger partial charge in [0.05, 0.1) is 36.7 Å². The summed E-state index contributed by atoms with van der Waals surface area (Å²) in [5.74, 6) is -3.12. The molecular formula is C27H36N4O8. The molecule has 12 nitrogen and oxygen atoms in total. The number of carbonyl (C=O) groups is 3. The van der Waals surface area contributed by atoms with Gasteiger partial charge in [0.1, 0.15) is 12.6 Å². The molecule has 1 aromatic carbocycles. The first-order chi connectivity index (χ1) is 18.5. The average Bonchev–Trinajstić information content (AvgIpc) is 2.91.